The molecule has 1 N–H and O–H groups in total. The number of hydrogen-bond acceptors (Lipinski definition) is 4. The molecule has 3 rings (SSSR count). The van der Waals surface area contributed by atoms with Gasteiger partial charge in [-0.3, -0.25) is 9.59 Å². The number of anilines is 1. The molecule has 22 heavy (non-hydrogen) atoms. The number of rotatable bonds is 4. The molecule has 118 valence electrons. The lowest BCUT2D eigenvalue weighted by molar-refractivity contribution is -0.147. The van der Waals surface area contributed by atoms with E-state index >= 15 is 0 Å². The van der Waals surface area contributed by atoms with E-state index in [1.165, 1.54) is 5.56 Å². The first-order chi connectivity index (χ1) is 10.6. The van der Waals surface area contributed by atoms with Gasteiger partial charge in [0.2, 0.25) is 5.91 Å². The molecule has 1 atom stereocenters. The van der Waals surface area contributed by atoms with Gasteiger partial charge in [-0.25, -0.2) is 0 Å². The van der Waals surface area contributed by atoms with Gasteiger partial charge in [0.05, 0.1) is 25.7 Å². The molecule has 1 aromatic rings. The van der Waals surface area contributed by atoms with E-state index in [0.717, 1.165) is 18.7 Å². The molecular weight excluding hydrogens is 284 g/mol. The molecule has 0 aromatic heterocycles. The maximum Gasteiger partial charge on any atom is 0.306 e. The third-order valence-electron chi connectivity index (χ3n) is 4.20. The summed E-state index contributed by atoms with van der Waals surface area (Å²) in [5, 5.41) is 8.84. The molecule has 1 aromatic carbocycles. The zero-order valence-electron chi connectivity index (χ0n) is 12.4. The van der Waals surface area contributed by atoms with Gasteiger partial charge in [-0.2, -0.15) is 0 Å². The van der Waals surface area contributed by atoms with E-state index in [2.05, 4.69) is 11.0 Å². The van der Waals surface area contributed by atoms with Crippen LogP contribution >= 0.6 is 0 Å². The van der Waals surface area contributed by atoms with Gasteiger partial charge in [-0.1, -0.05) is 18.2 Å². The van der Waals surface area contributed by atoms with E-state index in [1.807, 2.05) is 18.2 Å². The first-order valence-corrected chi connectivity index (χ1v) is 7.57. The molecule has 0 bridgehead atoms. The van der Waals surface area contributed by atoms with Crippen molar-refractivity contribution in [2.45, 2.75) is 18.9 Å². The van der Waals surface area contributed by atoms with Crippen molar-refractivity contribution in [3.8, 4) is 0 Å². The van der Waals surface area contributed by atoms with Crippen LogP contribution in [0.4, 0.5) is 5.69 Å². The summed E-state index contributed by atoms with van der Waals surface area (Å²) in [6, 6.07) is 8.14. The Bertz CT molecular complexity index is 575. The van der Waals surface area contributed by atoms with Crippen LogP contribution in [0.5, 0.6) is 0 Å². The van der Waals surface area contributed by atoms with Gasteiger partial charge in [0.25, 0.3) is 0 Å². The summed E-state index contributed by atoms with van der Waals surface area (Å²) >= 11 is 0. The normalized spacial score (nSPS) is 20.8. The predicted octanol–water partition coefficient (Wildman–Crippen LogP) is 0.751. The highest BCUT2D eigenvalue weighted by Crippen LogP contribution is 2.27. The number of morpholine rings is 1. The largest absolute Gasteiger partial charge is 0.481 e. The summed E-state index contributed by atoms with van der Waals surface area (Å²) in [6.45, 7) is 2.50. The SMILES string of the molecule is O=C(O)CC1CN(C(=O)CN2CCc3ccccc32)CCO1. The Balaban J connectivity index is 1.59. The van der Waals surface area contributed by atoms with E-state index in [9.17, 15) is 9.59 Å². The van der Waals surface area contributed by atoms with Gasteiger partial charge in [0.1, 0.15) is 0 Å². The number of fused-ring (bicyclic) bond motifs is 1. The van der Waals surface area contributed by atoms with Crippen LogP contribution in [0.15, 0.2) is 24.3 Å². The van der Waals surface area contributed by atoms with Crippen molar-refractivity contribution < 1.29 is 19.4 Å². The van der Waals surface area contributed by atoms with Crippen LogP contribution in [0.25, 0.3) is 0 Å². The number of carbonyl (C=O) groups is 2. The number of ether oxygens (including phenoxy) is 1. The summed E-state index contributed by atoms with van der Waals surface area (Å²) in [4.78, 5) is 27.1. The van der Waals surface area contributed by atoms with Gasteiger partial charge in [0.15, 0.2) is 0 Å². The minimum atomic E-state index is -0.896. The number of carboxylic acid groups (broad SMARTS) is 1. The van der Waals surface area contributed by atoms with E-state index in [0.29, 0.717) is 26.2 Å². The molecule has 0 spiro atoms. The number of carbonyl (C=O) groups excluding carboxylic acids is 1. The molecule has 1 amide bonds. The fourth-order valence-corrected chi connectivity index (χ4v) is 3.10. The zero-order chi connectivity index (χ0) is 15.5. The third kappa shape index (κ3) is 3.22. The van der Waals surface area contributed by atoms with E-state index in [-0.39, 0.29) is 12.3 Å². The first kappa shape index (κ1) is 14.8. The highest BCUT2D eigenvalue weighted by atomic mass is 16.5. The van der Waals surface area contributed by atoms with Crippen molar-refractivity contribution in [3.63, 3.8) is 0 Å². The van der Waals surface area contributed by atoms with E-state index in [4.69, 9.17) is 9.84 Å². The number of hydrogen-bond donors (Lipinski definition) is 1. The Morgan fingerprint density at radius 2 is 2.09 bits per heavy atom. The van der Waals surface area contributed by atoms with Gasteiger partial charge in [0, 0.05) is 25.3 Å². The van der Waals surface area contributed by atoms with E-state index in [1.54, 1.807) is 4.90 Å². The van der Waals surface area contributed by atoms with Crippen LogP contribution in [0.1, 0.15) is 12.0 Å². The Morgan fingerprint density at radius 3 is 2.91 bits per heavy atom. The second-order valence-electron chi connectivity index (χ2n) is 5.73. The van der Waals surface area contributed by atoms with Crippen LogP contribution in [0.2, 0.25) is 0 Å². The summed E-state index contributed by atoms with van der Waals surface area (Å²) in [5.41, 5.74) is 2.41. The van der Waals surface area contributed by atoms with Crippen molar-refractivity contribution in [2.24, 2.45) is 0 Å². The molecule has 6 nitrogen and oxygen atoms in total. The molecule has 1 fully saturated rings. The molecule has 1 unspecified atom stereocenters. The Morgan fingerprint density at radius 1 is 1.27 bits per heavy atom. The van der Waals surface area contributed by atoms with Crippen molar-refractivity contribution >= 4 is 17.6 Å². The second-order valence-corrected chi connectivity index (χ2v) is 5.73. The molecule has 0 radical (unpaired) electrons. The van der Waals surface area contributed by atoms with Crippen molar-refractivity contribution in [2.75, 3.05) is 37.7 Å². The lowest BCUT2D eigenvalue weighted by atomic mass is 10.2. The summed E-state index contributed by atoms with van der Waals surface area (Å²) in [5.74, 6) is -0.858. The fraction of sp³-hybridized carbons (Fsp3) is 0.500. The minimum Gasteiger partial charge on any atom is -0.481 e. The highest BCUT2D eigenvalue weighted by Gasteiger charge is 2.28. The van der Waals surface area contributed by atoms with Crippen molar-refractivity contribution in [1.29, 1.82) is 0 Å². The quantitative estimate of drug-likeness (QED) is 0.889. The third-order valence-corrected chi connectivity index (χ3v) is 4.20. The number of nitrogens with zero attached hydrogens (tertiary/aromatic N) is 2. The number of aliphatic carboxylic acids is 1. The fourth-order valence-electron chi connectivity index (χ4n) is 3.10. The Hall–Kier alpha value is -2.08. The summed E-state index contributed by atoms with van der Waals surface area (Å²) in [6.07, 6.45) is 0.505. The van der Waals surface area contributed by atoms with Gasteiger partial charge in [-0.15, -0.1) is 0 Å². The molecule has 2 aliphatic rings. The van der Waals surface area contributed by atoms with Crippen molar-refractivity contribution in [3.05, 3.63) is 29.8 Å². The summed E-state index contributed by atoms with van der Waals surface area (Å²) < 4.78 is 5.41. The van der Waals surface area contributed by atoms with E-state index < -0.39 is 12.1 Å². The maximum atomic E-state index is 12.5. The lowest BCUT2D eigenvalue weighted by Gasteiger charge is -2.33. The molecular formula is C16H20N2O4. The lowest BCUT2D eigenvalue weighted by Crippen LogP contribution is -2.49. The average molecular weight is 304 g/mol. The first-order valence-electron chi connectivity index (χ1n) is 7.57. The molecule has 1 saturated heterocycles. The van der Waals surface area contributed by atoms with Gasteiger partial charge < -0.3 is 19.6 Å². The predicted molar refractivity (Wildman–Crippen MR) is 80.9 cm³/mol. The minimum absolute atomic E-state index is 0.0374. The van der Waals surface area contributed by atoms with Crippen LogP contribution in [-0.4, -0.2) is 60.8 Å². The van der Waals surface area contributed by atoms with Crippen LogP contribution < -0.4 is 4.90 Å². The monoisotopic (exact) mass is 304 g/mol. The molecule has 0 aliphatic carbocycles. The second kappa shape index (κ2) is 6.36. The zero-order valence-corrected chi connectivity index (χ0v) is 12.4. The Kier molecular flexibility index (Phi) is 4.29. The van der Waals surface area contributed by atoms with Crippen LogP contribution in [0, 0.1) is 0 Å². The van der Waals surface area contributed by atoms with Crippen LogP contribution in [0.3, 0.4) is 0 Å². The van der Waals surface area contributed by atoms with Crippen LogP contribution in [-0.2, 0) is 20.7 Å². The molecule has 2 aliphatic heterocycles. The standard InChI is InChI=1S/C16H20N2O4/c19-15(18-7-8-22-13(10-18)9-16(20)21)11-17-6-5-12-3-1-2-4-14(12)17/h1-4,13H,5-11H2,(H,20,21). The maximum absolute atomic E-state index is 12.5. The molecule has 0 saturated carbocycles. The summed E-state index contributed by atoms with van der Waals surface area (Å²) in [7, 11) is 0. The number of benzene rings is 1. The molecule has 6 heteroatoms. The molecule has 2 heterocycles. The Labute approximate surface area is 129 Å². The number of amides is 1. The average Bonchev–Trinajstić information content (AvgIpc) is 2.90. The highest BCUT2D eigenvalue weighted by molar-refractivity contribution is 5.82. The number of para-hydroxylation sites is 1. The smallest absolute Gasteiger partial charge is 0.306 e. The topological polar surface area (TPSA) is 70.1 Å². The van der Waals surface area contributed by atoms with Gasteiger partial charge >= 0.3 is 5.97 Å². The van der Waals surface area contributed by atoms with Gasteiger partial charge in [-0.05, 0) is 18.1 Å². The van der Waals surface area contributed by atoms with Crippen molar-refractivity contribution in [1.82, 2.24) is 4.90 Å². The number of carboxylic acids is 1.